The van der Waals surface area contributed by atoms with E-state index in [-0.39, 0.29) is 18.9 Å². The maximum atomic E-state index is 12.4. The summed E-state index contributed by atoms with van der Waals surface area (Å²) in [6.07, 6.45) is 53.0. The molecule has 0 saturated carbocycles. The molecule has 0 rings (SSSR count). The van der Waals surface area contributed by atoms with Crippen LogP contribution in [0.1, 0.15) is 232 Å². The highest BCUT2D eigenvalue weighted by atomic mass is 16.3. The van der Waals surface area contributed by atoms with Gasteiger partial charge in [-0.3, -0.25) is 4.79 Å². The molecule has 3 unspecified atom stereocenters. The Morgan fingerprint density at radius 2 is 0.827 bits per heavy atom. The zero-order valence-electron chi connectivity index (χ0n) is 34.7. The minimum atomic E-state index is -0.957. The first kappa shape index (κ1) is 50.6. The van der Waals surface area contributed by atoms with Crippen LogP contribution in [0.2, 0.25) is 0 Å². The standard InChI is InChI=1S/C47H89NO4/c1-3-5-7-9-11-13-15-17-18-19-20-21-22-23-24-25-26-27-29-30-32-34-36-38-40-44(50)42-47(52)48-45(43-49)46(51)41-39-37-35-33-31-28-16-14-12-10-8-6-4-2/h12,14,31,33,39,41,44-46,49-51H,3-11,13,15-30,32,34-38,40,42-43H2,1-2H3,(H,48,52)/b14-12+,33-31+,41-39+. The van der Waals surface area contributed by atoms with Crippen molar-refractivity contribution in [2.24, 2.45) is 0 Å². The average molecular weight is 732 g/mol. The summed E-state index contributed by atoms with van der Waals surface area (Å²) in [5.41, 5.74) is 0. The Hall–Kier alpha value is -1.43. The van der Waals surface area contributed by atoms with Crippen molar-refractivity contribution in [3.05, 3.63) is 36.5 Å². The van der Waals surface area contributed by atoms with Crippen molar-refractivity contribution in [3.8, 4) is 0 Å². The Labute approximate surface area is 324 Å². The molecule has 5 heteroatoms. The van der Waals surface area contributed by atoms with E-state index in [4.69, 9.17) is 0 Å². The van der Waals surface area contributed by atoms with Crippen LogP contribution in [0, 0.1) is 0 Å². The van der Waals surface area contributed by atoms with Crippen LogP contribution >= 0.6 is 0 Å². The lowest BCUT2D eigenvalue weighted by Crippen LogP contribution is -2.45. The normalized spacial score (nSPS) is 13.9. The van der Waals surface area contributed by atoms with E-state index in [0.29, 0.717) is 6.42 Å². The number of carbonyl (C=O) groups is 1. The molecule has 52 heavy (non-hydrogen) atoms. The molecule has 0 spiro atoms. The molecule has 0 fully saturated rings. The van der Waals surface area contributed by atoms with Crippen LogP contribution in [0.4, 0.5) is 0 Å². The predicted molar refractivity (Wildman–Crippen MR) is 227 cm³/mol. The lowest BCUT2D eigenvalue weighted by Gasteiger charge is -2.21. The third-order valence-corrected chi connectivity index (χ3v) is 10.4. The van der Waals surface area contributed by atoms with Gasteiger partial charge in [0.25, 0.3) is 0 Å². The van der Waals surface area contributed by atoms with Gasteiger partial charge in [-0.05, 0) is 44.9 Å². The SMILES string of the molecule is CCCCC/C=C/CC/C=C/CC/C=C/C(O)C(CO)NC(=O)CC(O)CCCCCCCCCCCCCCCCCCCCCCCCCC. The average Bonchev–Trinajstić information content (AvgIpc) is 3.14. The summed E-state index contributed by atoms with van der Waals surface area (Å²) < 4.78 is 0. The number of aliphatic hydroxyl groups is 3. The summed E-state index contributed by atoms with van der Waals surface area (Å²) in [5.74, 6) is -0.328. The second kappa shape index (κ2) is 42.3. The van der Waals surface area contributed by atoms with Crippen LogP contribution in [0.15, 0.2) is 36.5 Å². The maximum Gasteiger partial charge on any atom is 0.222 e. The van der Waals surface area contributed by atoms with E-state index < -0.39 is 18.2 Å². The number of rotatable bonds is 41. The number of hydrogen-bond donors (Lipinski definition) is 4. The van der Waals surface area contributed by atoms with Gasteiger partial charge in [-0.25, -0.2) is 0 Å². The lowest BCUT2D eigenvalue weighted by molar-refractivity contribution is -0.124. The highest BCUT2D eigenvalue weighted by molar-refractivity contribution is 5.76. The highest BCUT2D eigenvalue weighted by Gasteiger charge is 2.20. The van der Waals surface area contributed by atoms with Gasteiger partial charge in [-0.15, -0.1) is 0 Å². The van der Waals surface area contributed by atoms with Crippen molar-refractivity contribution in [1.82, 2.24) is 5.32 Å². The maximum absolute atomic E-state index is 12.4. The third kappa shape index (κ3) is 38.3. The first-order valence-electron chi connectivity index (χ1n) is 22.8. The van der Waals surface area contributed by atoms with E-state index in [2.05, 4.69) is 43.5 Å². The van der Waals surface area contributed by atoms with Gasteiger partial charge in [0.15, 0.2) is 0 Å². The first-order valence-corrected chi connectivity index (χ1v) is 22.8. The number of aliphatic hydroxyl groups excluding tert-OH is 3. The molecule has 3 atom stereocenters. The van der Waals surface area contributed by atoms with E-state index in [0.717, 1.165) is 38.5 Å². The Kier molecular flexibility index (Phi) is 41.1. The van der Waals surface area contributed by atoms with E-state index in [1.807, 2.05) is 6.08 Å². The second-order valence-corrected chi connectivity index (χ2v) is 15.6. The molecule has 0 saturated heterocycles. The van der Waals surface area contributed by atoms with Crippen LogP contribution in [-0.4, -0.2) is 46.1 Å². The van der Waals surface area contributed by atoms with Crippen LogP contribution in [0.25, 0.3) is 0 Å². The Morgan fingerprint density at radius 3 is 1.23 bits per heavy atom. The Morgan fingerprint density at radius 1 is 0.481 bits per heavy atom. The van der Waals surface area contributed by atoms with Crippen LogP contribution in [-0.2, 0) is 4.79 Å². The molecule has 0 aromatic carbocycles. The topological polar surface area (TPSA) is 89.8 Å². The van der Waals surface area contributed by atoms with Gasteiger partial charge in [0, 0.05) is 0 Å². The molecule has 0 radical (unpaired) electrons. The molecule has 0 aliphatic heterocycles. The quantitative estimate of drug-likeness (QED) is 0.0372. The van der Waals surface area contributed by atoms with Crippen molar-refractivity contribution in [3.63, 3.8) is 0 Å². The summed E-state index contributed by atoms with van der Waals surface area (Å²) in [7, 11) is 0. The second-order valence-electron chi connectivity index (χ2n) is 15.6. The molecular formula is C47H89NO4. The smallest absolute Gasteiger partial charge is 0.222 e. The fourth-order valence-corrected chi connectivity index (χ4v) is 6.90. The number of amides is 1. The lowest BCUT2D eigenvalue weighted by atomic mass is 10.0. The fraction of sp³-hybridized carbons (Fsp3) is 0.851. The largest absolute Gasteiger partial charge is 0.394 e. The number of allylic oxidation sites excluding steroid dienone is 5. The molecule has 0 aromatic rings. The minimum Gasteiger partial charge on any atom is -0.394 e. The van der Waals surface area contributed by atoms with E-state index in [1.54, 1.807) is 6.08 Å². The number of hydrogen-bond acceptors (Lipinski definition) is 4. The highest BCUT2D eigenvalue weighted by Crippen LogP contribution is 2.16. The zero-order chi connectivity index (χ0) is 38.0. The molecule has 5 nitrogen and oxygen atoms in total. The fourth-order valence-electron chi connectivity index (χ4n) is 6.90. The molecule has 0 aromatic heterocycles. The minimum absolute atomic E-state index is 0.00497. The molecule has 306 valence electrons. The molecule has 0 bridgehead atoms. The molecular weight excluding hydrogens is 643 g/mol. The van der Waals surface area contributed by atoms with Crippen molar-refractivity contribution < 1.29 is 20.1 Å². The number of unbranched alkanes of at least 4 members (excludes halogenated alkanes) is 28. The summed E-state index contributed by atoms with van der Waals surface area (Å²) in [6.45, 7) is 4.17. The zero-order valence-corrected chi connectivity index (χ0v) is 34.7. The van der Waals surface area contributed by atoms with Crippen LogP contribution in [0.3, 0.4) is 0 Å². The van der Waals surface area contributed by atoms with Gasteiger partial charge in [-0.2, -0.15) is 0 Å². The summed E-state index contributed by atoms with van der Waals surface area (Å²) in [6, 6.07) is -0.764. The summed E-state index contributed by atoms with van der Waals surface area (Å²) >= 11 is 0. The number of carbonyl (C=O) groups excluding carboxylic acids is 1. The van der Waals surface area contributed by atoms with Crippen molar-refractivity contribution in [1.29, 1.82) is 0 Å². The molecule has 1 amide bonds. The Bertz CT molecular complexity index is 809. The van der Waals surface area contributed by atoms with Gasteiger partial charge < -0.3 is 20.6 Å². The monoisotopic (exact) mass is 732 g/mol. The van der Waals surface area contributed by atoms with Crippen LogP contribution < -0.4 is 5.32 Å². The van der Waals surface area contributed by atoms with Crippen molar-refractivity contribution in [2.75, 3.05) is 6.61 Å². The Balaban J connectivity index is 3.61. The van der Waals surface area contributed by atoms with E-state index >= 15 is 0 Å². The van der Waals surface area contributed by atoms with E-state index in [9.17, 15) is 20.1 Å². The number of nitrogens with one attached hydrogen (secondary N) is 1. The molecule has 0 aliphatic carbocycles. The first-order chi connectivity index (χ1) is 25.5. The van der Waals surface area contributed by atoms with Gasteiger partial charge in [0.2, 0.25) is 5.91 Å². The third-order valence-electron chi connectivity index (χ3n) is 10.4. The van der Waals surface area contributed by atoms with Gasteiger partial charge in [0.1, 0.15) is 0 Å². The molecule has 0 aliphatic rings. The summed E-state index contributed by atoms with van der Waals surface area (Å²) in [5, 5.41) is 33.2. The van der Waals surface area contributed by atoms with Crippen molar-refractivity contribution >= 4 is 5.91 Å². The van der Waals surface area contributed by atoms with E-state index in [1.165, 1.54) is 167 Å². The van der Waals surface area contributed by atoms with Gasteiger partial charge >= 0.3 is 0 Å². The molecule has 4 N–H and O–H groups in total. The van der Waals surface area contributed by atoms with Crippen molar-refractivity contribution in [2.45, 2.75) is 250 Å². The molecule has 0 heterocycles. The van der Waals surface area contributed by atoms with Crippen LogP contribution in [0.5, 0.6) is 0 Å². The van der Waals surface area contributed by atoms with Gasteiger partial charge in [0.05, 0.1) is 31.3 Å². The van der Waals surface area contributed by atoms with Gasteiger partial charge in [-0.1, -0.05) is 217 Å². The summed E-state index contributed by atoms with van der Waals surface area (Å²) in [4.78, 5) is 12.4. The predicted octanol–water partition coefficient (Wildman–Crippen LogP) is 13.2.